The van der Waals surface area contributed by atoms with E-state index in [1.54, 1.807) is 54.6 Å². The molecule has 1 aliphatic rings. The first-order chi connectivity index (χ1) is 21.5. The number of alkyl halides is 3. The highest BCUT2D eigenvalue weighted by Gasteiger charge is 2.33. The van der Waals surface area contributed by atoms with Gasteiger partial charge < -0.3 is 14.2 Å². The fourth-order valence-electron chi connectivity index (χ4n) is 5.16. The summed E-state index contributed by atoms with van der Waals surface area (Å²) < 4.78 is 15.1. The molecule has 1 aromatic heterocycles. The molecule has 7 nitrogen and oxygen atoms in total. The van der Waals surface area contributed by atoms with E-state index in [1.807, 2.05) is 19.1 Å². The number of hydrogen-bond donors (Lipinski definition) is 0. The summed E-state index contributed by atoms with van der Waals surface area (Å²) in [5, 5.41) is 0.673. The maximum atomic E-state index is 14.1. The van der Waals surface area contributed by atoms with Gasteiger partial charge in [-0.3, -0.25) is 14.5 Å². The molecule has 0 saturated carbocycles. The Morgan fingerprint density at radius 3 is 2.27 bits per heavy atom. The summed E-state index contributed by atoms with van der Waals surface area (Å²) in [7, 11) is 0. The Kier molecular flexibility index (Phi) is 10.7. The monoisotopic (exact) mass is 687 g/mol. The Labute approximate surface area is 280 Å². The van der Waals surface area contributed by atoms with Crippen molar-refractivity contribution in [2.75, 3.05) is 26.2 Å². The number of thiophene rings is 1. The second kappa shape index (κ2) is 14.5. The number of ether oxygens (including phenoxy) is 3. The number of nitrogens with zero attached hydrogens (tertiary/aromatic N) is 1. The van der Waals surface area contributed by atoms with Crippen LogP contribution in [0.2, 0.25) is 0 Å². The quantitative estimate of drug-likeness (QED) is 0.0677. The van der Waals surface area contributed by atoms with E-state index >= 15 is 0 Å². The highest BCUT2D eigenvalue weighted by molar-refractivity contribution is 7.22. The molecule has 0 N–H and O–H groups in total. The molecule has 236 valence electrons. The summed E-state index contributed by atoms with van der Waals surface area (Å²) in [4.78, 5) is 41.3. The van der Waals surface area contributed by atoms with Crippen LogP contribution < -0.4 is 14.2 Å². The lowest BCUT2D eigenvalue weighted by molar-refractivity contribution is -0.134. The molecule has 0 bridgehead atoms. The molecule has 1 atom stereocenters. The summed E-state index contributed by atoms with van der Waals surface area (Å²) in [6.45, 7) is 7.80. The van der Waals surface area contributed by atoms with Gasteiger partial charge in [-0.1, -0.05) is 48.7 Å². The zero-order chi connectivity index (χ0) is 32.1. The number of halogens is 3. The predicted molar refractivity (Wildman–Crippen MR) is 179 cm³/mol. The second-order valence-electron chi connectivity index (χ2n) is 11.0. The molecule has 1 fully saturated rings. The van der Waals surface area contributed by atoms with E-state index in [0.29, 0.717) is 57.0 Å². The van der Waals surface area contributed by atoms with Gasteiger partial charge in [-0.2, -0.15) is 0 Å². The molecule has 4 aromatic rings. The SMILES string of the molecule is CCCC(=O)Oc1ccc(-c2sc3cc(OC(=O)C(Cl)(Cl)Cl)ccc3c2C(=O)c2ccc(OCCN3CCC(C)C3)cc2)cc1. The van der Waals surface area contributed by atoms with E-state index in [9.17, 15) is 14.4 Å². The summed E-state index contributed by atoms with van der Waals surface area (Å²) in [5.74, 6) is 0.484. The van der Waals surface area contributed by atoms with Gasteiger partial charge in [-0.25, -0.2) is 4.79 Å². The number of fused-ring (bicyclic) bond motifs is 1. The Morgan fingerprint density at radius 2 is 1.62 bits per heavy atom. The first-order valence-corrected chi connectivity index (χ1v) is 16.6. The molecule has 2 heterocycles. The first-order valence-electron chi connectivity index (χ1n) is 14.7. The maximum absolute atomic E-state index is 14.1. The minimum atomic E-state index is -2.23. The minimum absolute atomic E-state index is 0.175. The van der Waals surface area contributed by atoms with E-state index in [2.05, 4.69) is 11.8 Å². The van der Waals surface area contributed by atoms with Crippen molar-refractivity contribution in [2.24, 2.45) is 5.92 Å². The Bertz CT molecular complexity index is 1680. The topological polar surface area (TPSA) is 82.1 Å². The van der Waals surface area contributed by atoms with Gasteiger partial charge in [-0.05, 0) is 97.6 Å². The zero-order valence-corrected chi connectivity index (χ0v) is 27.9. The van der Waals surface area contributed by atoms with Gasteiger partial charge in [0.1, 0.15) is 23.9 Å². The van der Waals surface area contributed by atoms with Crippen molar-refractivity contribution in [3.8, 4) is 27.7 Å². The summed E-state index contributed by atoms with van der Waals surface area (Å²) in [5.41, 5.74) is 1.74. The fourth-order valence-corrected chi connectivity index (χ4v) is 6.51. The normalized spacial score (nSPS) is 15.3. The predicted octanol–water partition coefficient (Wildman–Crippen LogP) is 8.50. The fraction of sp³-hybridized carbons (Fsp3) is 0.324. The van der Waals surface area contributed by atoms with E-state index in [0.717, 1.165) is 31.1 Å². The first kappa shape index (κ1) is 33.2. The van der Waals surface area contributed by atoms with Crippen molar-refractivity contribution in [1.29, 1.82) is 0 Å². The number of ketones is 1. The Hall–Kier alpha value is -3.14. The molecule has 0 spiro atoms. The molecule has 45 heavy (non-hydrogen) atoms. The molecule has 0 amide bonds. The van der Waals surface area contributed by atoms with Gasteiger partial charge in [0.2, 0.25) is 0 Å². The van der Waals surface area contributed by atoms with Crippen LogP contribution in [0.25, 0.3) is 20.5 Å². The van der Waals surface area contributed by atoms with E-state index in [1.165, 1.54) is 17.8 Å². The van der Waals surface area contributed by atoms with Crippen LogP contribution in [0.3, 0.4) is 0 Å². The molecule has 0 radical (unpaired) electrons. The molecule has 3 aromatic carbocycles. The third-order valence-electron chi connectivity index (χ3n) is 7.43. The van der Waals surface area contributed by atoms with Crippen molar-refractivity contribution in [3.05, 3.63) is 77.9 Å². The lowest BCUT2D eigenvalue weighted by Gasteiger charge is -2.15. The van der Waals surface area contributed by atoms with E-state index in [4.69, 9.17) is 49.0 Å². The molecule has 0 aliphatic carbocycles. The number of hydrogen-bond acceptors (Lipinski definition) is 8. The third-order valence-corrected chi connectivity index (χ3v) is 9.10. The minimum Gasteiger partial charge on any atom is -0.492 e. The van der Waals surface area contributed by atoms with E-state index in [-0.39, 0.29) is 17.5 Å². The number of rotatable bonds is 11. The number of carbonyl (C=O) groups excluding carboxylic acids is 3. The van der Waals surface area contributed by atoms with Crippen LogP contribution >= 0.6 is 46.1 Å². The summed E-state index contributed by atoms with van der Waals surface area (Å²) in [6.07, 6.45) is 2.23. The molecular weight excluding hydrogens is 657 g/mol. The van der Waals surface area contributed by atoms with Crippen LogP contribution in [0.15, 0.2) is 66.7 Å². The van der Waals surface area contributed by atoms with Crippen molar-refractivity contribution < 1.29 is 28.6 Å². The molecule has 1 aliphatic heterocycles. The van der Waals surface area contributed by atoms with Crippen molar-refractivity contribution >= 4 is 73.9 Å². The molecule has 5 rings (SSSR count). The van der Waals surface area contributed by atoms with Crippen LogP contribution in [0, 0.1) is 5.92 Å². The van der Waals surface area contributed by atoms with Crippen LogP contribution in [0.4, 0.5) is 0 Å². The number of carbonyl (C=O) groups is 3. The largest absolute Gasteiger partial charge is 0.492 e. The van der Waals surface area contributed by atoms with Crippen molar-refractivity contribution in [1.82, 2.24) is 4.90 Å². The van der Waals surface area contributed by atoms with Gasteiger partial charge in [0, 0.05) is 45.6 Å². The molecular formula is C34H32Cl3NO6S. The maximum Gasteiger partial charge on any atom is 0.363 e. The van der Waals surface area contributed by atoms with Crippen LogP contribution in [0.1, 0.15) is 49.0 Å². The standard InChI is InChI=1S/C34H32Cl3NO6S/c1-3-4-29(39)43-25-11-7-23(8-12-25)32-30(27-14-13-26(19-28(27)45-32)44-33(41)34(35,36)37)31(40)22-5-9-24(10-6-22)42-18-17-38-16-15-21(2)20-38/h5-14,19,21H,3-4,15-18,20H2,1-2H3. The third kappa shape index (κ3) is 8.37. The van der Waals surface area contributed by atoms with Gasteiger partial charge in [0.15, 0.2) is 5.78 Å². The lowest BCUT2D eigenvalue weighted by Crippen LogP contribution is -2.25. The number of benzene rings is 3. The highest BCUT2D eigenvalue weighted by atomic mass is 35.6. The molecule has 1 unspecified atom stereocenters. The number of esters is 2. The average molecular weight is 689 g/mol. The Morgan fingerprint density at radius 1 is 0.933 bits per heavy atom. The summed E-state index contributed by atoms with van der Waals surface area (Å²) in [6, 6.07) is 19.0. The zero-order valence-electron chi connectivity index (χ0n) is 24.8. The van der Waals surface area contributed by atoms with Crippen LogP contribution in [-0.4, -0.2) is 52.7 Å². The van der Waals surface area contributed by atoms with Gasteiger partial charge in [0.05, 0.1) is 0 Å². The molecule has 11 heteroatoms. The van der Waals surface area contributed by atoms with E-state index < -0.39 is 9.76 Å². The van der Waals surface area contributed by atoms with Crippen LogP contribution in [0.5, 0.6) is 17.2 Å². The molecule has 1 saturated heterocycles. The van der Waals surface area contributed by atoms with Gasteiger partial charge in [-0.15, -0.1) is 11.3 Å². The lowest BCUT2D eigenvalue weighted by atomic mass is 9.97. The Balaban J connectivity index is 1.42. The van der Waals surface area contributed by atoms with Crippen molar-refractivity contribution in [2.45, 2.75) is 36.9 Å². The average Bonchev–Trinajstić information content (AvgIpc) is 3.60. The second-order valence-corrected chi connectivity index (χ2v) is 14.3. The highest BCUT2D eigenvalue weighted by Crippen LogP contribution is 2.42. The summed E-state index contributed by atoms with van der Waals surface area (Å²) >= 11 is 18.4. The van der Waals surface area contributed by atoms with Gasteiger partial charge >= 0.3 is 11.9 Å². The van der Waals surface area contributed by atoms with Crippen molar-refractivity contribution in [3.63, 3.8) is 0 Å². The number of likely N-dealkylation sites (tertiary alicyclic amines) is 1. The smallest absolute Gasteiger partial charge is 0.363 e. The van der Waals surface area contributed by atoms with Gasteiger partial charge in [0.25, 0.3) is 3.79 Å². The van der Waals surface area contributed by atoms with Crippen LogP contribution in [-0.2, 0) is 9.59 Å².